The van der Waals surface area contributed by atoms with Crippen molar-refractivity contribution in [2.75, 3.05) is 13.1 Å². The van der Waals surface area contributed by atoms with Gasteiger partial charge in [-0.05, 0) is 42.7 Å². The molecule has 0 saturated carbocycles. The maximum Gasteiger partial charge on any atom is 0.317 e. The van der Waals surface area contributed by atoms with Crippen LogP contribution in [0, 0.1) is 5.82 Å². The Morgan fingerprint density at radius 3 is 2.70 bits per heavy atom. The number of hydrogen-bond acceptors (Lipinski definition) is 5. The SMILES string of the molecule is O=C(NCc1ccc(F)cc1)N1CCC(c2nnc(-c3ccco3)s2)CC1. The van der Waals surface area contributed by atoms with E-state index in [1.807, 2.05) is 17.0 Å². The van der Waals surface area contributed by atoms with Gasteiger partial charge < -0.3 is 14.6 Å². The number of furan rings is 1. The number of carbonyl (C=O) groups is 1. The highest BCUT2D eigenvalue weighted by Gasteiger charge is 2.26. The van der Waals surface area contributed by atoms with Crippen LogP contribution in [0.2, 0.25) is 0 Å². The number of nitrogens with one attached hydrogen (secondary N) is 1. The predicted molar refractivity (Wildman–Crippen MR) is 99.8 cm³/mol. The van der Waals surface area contributed by atoms with Crippen molar-refractivity contribution in [3.8, 4) is 10.8 Å². The van der Waals surface area contributed by atoms with Crippen LogP contribution in [-0.2, 0) is 6.54 Å². The molecule has 4 rings (SSSR count). The minimum absolute atomic E-state index is 0.0914. The lowest BCUT2D eigenvalue weighted by molar-refractivity contribution is 0.181. The topological polar surface area (TPSA) is 71.3 Å². The van der Waals surface area contributed by atoms with Crippen molar-refractivity contribution in [2.45, 2.75) is 25.3 Å². The van der Waals surface area contributed by atoms with Crippen LogP contribution in [0.1, 0.15) is 29.3 Å². The number of nitrogens with zero attached hydrogens (tertiary/aromatic N) is 3. The average Bonchev–Trinajstić information content (AvgIpc) is 3.39. The molecule has 3 aromatic rings. The second-order valence-corrected chi connectivity index (χ2v) is 7.48. The smallest absolute Gasteiger partial charge is 0.317 e. The van der Waals surface area contributed by atoms with Crippen LogP contribution in [0.25, 0.3) is 10.8 Å². The van der Waals surface area contributed by atoms with Gasteiger partial charge in [0, 0.05) is 25.6 Å². The Bertz CT molecular complexity index is 887. The number of rotatable bonds is 4. The number of urea groups is 1. The van der Waals surface area contributed by atoms with Crippen molar-refractivity contribution >= 4 is 17.4 Å². The van der Waals surface area contributed by atoms with Crippen molar-refractivity contribution in [3.05, 3.63) is 59.0 Å². The van der Waals surface area contributed by atoms with Crippen molar-refractivity contribution in [2.24, 2.45) is 0 Å². The zero-order chi connectivity index (χ0) is 18.6. The molecule has 2 amide bonds. The number of likely N-dealkylation sites (tertiary alicyclic amines) is 1. The summed E-state index contributed by atoms with van der Waals surface area (Å²) in [7, 11) is 0. The van der Waals surface area contributed by atoms with E-state index >= 15 is 0 Å². The summed E-state index contributed by atoms with van der Waals surface area (Å²) in [6, 6.07) is 9.75. The second-order valence-electron chi connectivity index (χ2n) is 6.47. The Balaban J connectivity index is 1.28. The van der Waals surface area contributed by atoms with Gasteiger partial charge in [-0.3, -0.25) is 0 Å². The van der Waals surface area contributed by atoms with Crippen molar-refractivity contribution < 1.29 is 13.6 Å². The second kappa shape index (κ2) is 7.87. The summed E-state index contributed by atoms with van der Waals surface area (Å²) in [5.74, 6) is 0.766. The van der Waals surface area contributed by atoms with Crippen LogP contribution in [0.3, 0.4) is 0 Å². The zero-order valence-electron chi connectivity index (χ0n) is 14.6. The molecule has 2 aromatic heterocycles. The molecule has 3 heterocycles. The highest BCUT2D eigenvalue weighted by atomic mass is 32.1. The fraction of sp³-hybridized carbons (Fsp3) is 0.316. The number of amides is 2. The van der Waals surface area contributed by atoms with Gasteiger partial charge in [0.15, 0.2) is 10.8 Å². The van der Waals surface area contributed by atoms with Crippen LogP contribution in [0.5, 0.6) is 0 Å². The maximum absolute atomic E-state index is 12.9. The number of piperidine rings is 1. The quantitative estimate of drug-likeness (QED) is 0.735. The van der Waals surface area contributed by atoms with Gasteiger partial charge in [0.1, 0.15) is 10.8 Å². The number of halogens is 1. The molecule has 8 heteroatoms. The first-order valence-electron chi connectivity index (χ1n) is 8.83. The van der Waals surface area contributed by atoms with Crippen molar-refractivity contribution in [1.82, 2.24) is 20.4 Å². The number of carbonyl (C=O) groups excluding carboxylic acids is 1. The van der Waals surface area contributed by atoms with Gasteiger partial charge >= 0.3 is 6.03 Å². The lowest BCUT2D eigenvalue weighted by atomic mass is 9.98. The molecule has 0 atom stereocenters. The standard InChI is InChI=1S/C19H19FN4O2S/c20-15-5-3-13(4-6-15)12-21-19(25)24-9-7-14(8-10-24)17-22-23-18(27-17)16-2-1-11-26-16/h1-6,11,14H,7-10,12H2,(H,21,25). The molecular weight excluding hydrogens is 367 g/mol. The van der Waals surface area contributed by atoms with Crippen molar-refractivity contribution in [1.29, 1.82) is 0 Å². The highest BCUT2D eigenvalue weighted by Crippen LogP contribution is 2.33. The normalized spacial score (nSPS) is 15.1. The molecule has 0 radical (unpaired) electrons. The third-order valence-corrected chi connectivity index (χ3v) is 5.76. The molecule has 1 fully saturated rings. The van der Waals surface area contributed by atoms with E-state index in [1.54, 1.807) is 29.7 Å². The third-order valence-electron chi connectivity index (χ3n) is 4.66. The van der Waals surface area contributed by atoms with Gasteiger partial charge in [0.05, 0.1) is 6.26 Å². The molecule has 0 unspecified atom stereocenters. The molecule has 0 bridgehead atoms. The highest BCUT2D eigenvalue weighted by molar-refractivity contribution is 7.14. The zero-order valence-corrected chi connectivity index (χ0v) is 15.4. The summed E-state index contributed by atoms with van der Waals surface area (Å²) in [6.45, 7) is 1.74. The summed E-state index contributed by atoms with van der Waals surface area (Å²) < 4.78 is 18.3. The summed E-state index contributed by atoms with van der Waals surface area (Å²) in [6.07, 6.45) is 3.34. The minimum Gasteiger partial charge on any atom is -0.462 e. The fourth-order valence-electron chi connectivity index (χ4n) is 3.12. The summed E-state index contributed by atoms with van der Waals surface area (Å²) in [5, 5.41) is 13.2. The van der Waals surface area contributed by atoms with Crippen LogP contribution in [0.15, 0.2) is 47.1 Å². The molecular formula is C19H19FN4O2S. The van der Waals surface area contributed by atoms with Gasteiger partial charge in [-0.15, -0.1) is 10.2 Å². The summed E-state index contributed by atoms with van der Waals surface area (Å²) in [5.41, 5.74) is 0.874. The summed E-state index contributed by atoms with van der Waals surface area (Å²) >= 11 is 1.55. The van der Waals surface area contributed by atoms with Gasteiger partial charge in [-0.2, -0.15) is 0 Å². The number of benzene rings is 1. The van der Waals surface area contributed by atoms with Crippen LogP contribution in [-0.4, -0.2) is 34.2 Å². The predicted octanol–water partition coefficient (Wildman–Crippen LogP) is 4.03. The molecule has 140 valence electrons. The molecule has 1 aliphatic rings. The first-order chi connectivity index (χ1) is 13.2. The Hall–Kier alpha value is -2.74. The molecule has 1 N–H and O–H groups in total. The Morgan fingerprint density at radius 1 is 1.22 bits per heavy atom. The van der Waals surface area contributed by atoms with E-state index < -0.39 is 0 Å². The number of aromatic nitrogens is 2. The first kappa shape index (κ1) is 17.7. The largest absolute Gasteiger partial charge is 0.462 e. The van der Waals surface area contributed by atoms with Crippen molar-refractivity contribution in [3.63, 3.8) is 0 Å². The lowest BCUT2D eigenvalue weighted by Crippen LogP contribution is -2.43. The van der Waals surface area contributed by atoms with Gasteiger partial charge in [0.2, 0.25) is 0 Å². The van der Waals surface area contributed by atoms with Crippen LogP contribution in [0.4, 0.5) is 9.18 Å². The van der Waals surface area contributed by atoms with E-state index in [4.69, 9.17) is 4.42 Å². The Labute approximate surface area is 160 Å². The third kappa shape index (κ3) is 4.16. The molecule has 27 heavy (non-hydrogen) atoms. The van der Waals surface area contributed by atoms with E-state index in [0.29, 0.717) is 25.6 Å². The first-order valence-corrected chi connectivity index (χ1v) is 9.65. The van der Waals surface area contributed by atoms with E-state index in [-0.39, 0.29) is 11.8 Å². The van der Waals surface area contributed by atoms with Crippen LogP contribution < -0.4 is 5.32 Å². The fourth-order valence-corrected chi connectivity index (χ4v) is 4.10. The van der Waals surface area contributed by atoms with E-state index in [9.17, 15) is 9.18 Å². The van der Waals surface area contributed by atoms with Gasteiger partial charge in [-0.25, -0.2) is 9.18 Å². The van der Waals surface area contributed by atoms with E-state index in [1.165, 1.54) is 12.1 Å². The average molecular weight is 386 g/mol. The van der Waals surface area contributed by atoms with Gasteiger partial charge in [-0.1, -0.05) is 23.5 Å². The minimum atomic E-state index is -0.279. The maximum atomic E-state index is 12.9. The van der Waals surface area contributed by atoms with Crippen LogP contribution >= 0.6 is 11.3 Å². The molecule has 1 aliphatic heterocycles. The van der Waals surface area contributed by atoms with E-state index in [2.05, 4.69) is 15.5 Å². The molecule has 0 spiro atoms. The van der Waals surface area contributed by atoms with Gasteiger partial charge in [0.25, 0.3) is 0 Å². The van der Waals surface area contributed by atoms with E-state index in [0.717, 1.165) is 34.2 Å². The molecule has 1 saturated heterocycles. The number of hydrogen-bond donors (Lipinski definition) is 1. The monoisotopic (exact) mass is 386 g/mol. The Morgan fingerprint density at radius 2 is 2.00 bits per heavy atom. The Kier molecular flexibility index (Phi) is 5.15. The molecule has 0 aliphatic carbocycles. The summed E-state index contributed by atoms with van der Waals surface area (Å²) in [4.78, 5) is 14.2. The molecule has 1 aromatic carbocycles. The lowest BCUT2D eigenvalue weighted by Gasteiger charge is -2.31. The molecule has 6 nitrogen and oxygen atoms in total.